The molecular formula is C31H31NO6. The first-order valence-electron chi connectivity index (χ1n) is 12.3. The summed E-state index contributed by atoms with van der Waals surface area (Å²) in [7, 11) is 1.53. The molecule has 1 amide bonds. The van der Waals surface area contributed by atoms with Gasteiger partial charge in [-0.2, -0.15) is 0 Å². The van der Waals surface area contributed by atoms with Crippen molar-refractivity contribution in [3.05, 3.63) is 113 Å². The Kier molecular flexibility index (Phi) is 8.61. The average Bonchev–Trinajstić information content (AvgIpc) is 3.19. The van der Waals surface area contributed by atoms with E-state index in [4.69, 9.17) is 14.2 Å². The Labute approximate surface area is 222 Å². The Balaban J connectivity index is 1.63. The zero-order valence-corrected chi connectivity index (χ0v) is 21.6. The van der Waals surface area contributed by atoms with E-state index in [1.165, 1.54) is 12.0 Å². The summed E-state index contributed by atoms with van der Waals surface area (Å²) in [6.07, 6.45) is 1.65. The molecule has 0 spiro atoms. The highest BCUT2D eigenvalue weighted by molar-refractivity contribution is 6.46. The molecule has 4 rings (SSSR count). The van der Waals surface area contributed by atoms with E-state index in [1.54, 1.807) is 54.6 Å². The summed E-state index contributed by atoms with van der Waals surface area (Å²) in [5.74, 6) is -0.416. The second kappa shape index (κ2) is 12.3. The number of hydrogen-bond donors (Lipinski definition) is 1. The van der Waals surface area contributed by atoms with E-state index >= 15 is 0 Å². The Bertz CT molecular complexity index is 1330. The van der Waals surface area contributed by atoms with Gasteiger partial charge >= 0.3 is 0 Å². The molecular weight excluding hydrogens is 482 g/mol. The standard InChI is InChI=1S/C31H31NO6/c1-4-18-37-25-13-9-22(10-14-25)28-27(30(34)31(35)32(28)17-19-36-3)29(33)23-11-15-26(16-12-23)38-20-24-8-6-5-7-21(24)2/h4-16,28,33H,1,17-20H2,2-3H3. The lowest BCUT2D eigenvalue weighted by atomic mass is 9.95. The first kappa shape index (κ1) is 26.7. The van der Waals surface area contributed by atoms with E-state index in [9.17, 15) is 14.7 Å². The SMILES string of the molecule is C=CCOc1ccc(C2C(=C(O)c3ccc(OCc4ccccc4C)cc3)C(=O)C(=O)N2CCOC)cc1. The van der Waals surface area contributed by atoms with Gasteiger partial charge in [0.2, 0.25) is 0 Å². The molecule has 1 unspecified atom stereocenters. The summed E-state index contributed by atoms with van der Waals surface area (Å²) in [6, 6.07) is 21.1. The molecule has 38 heavy (non-hydrogen) atoms. The van der Waals surface area contributed by atoms with Crippen LogP contribution in [0.25, 0.3) is 5.76 Å². The molecule has 1 fully saturated rings. The molecule has 1 heterocycles. The van der Waals surface area contributed by atoms with E-state index < -0.39 is 17.7 Å². The van der Waals surface area contributed by atoms with Crippen molar-refractivity contribution in [3.8, 4) is 11.5 Å². The van der Waals surface area contributed by atoms with Crippen LogP contribution in [0.4, 0.5) is 0 Å². The van der Waals surface area contributed by atoms with E-state index in [2.05, 4.69) is 6.58 Å². The fourth-order valence-corrected chi connectivity index (χ4v) is 4.35. The van der Waals surface area contributed by atoms with E-state index in [1.807, 2.05) is 31.2 Å². The molecule has 7 heteroatoms. The molecule has 1 N–H and O–H groups in total. The summed E-state index contributed by atoms with van der Waals surface area (Å²) in [6.45, 7) is 6.88. The quantitative estimate of drug-likeness (QED) is 0.164. The third kappa shape index (κ3) is 5.79. The van der Waals surface area contributed by atoms with Crippen molar-refractivity contribution in [1.29, 1.82) is 0 Å². The van der Waals surface area contributed by atoms with Crippen LogP contribution in [0.5, 0.6) is 11.5 Å². The summed E-state index contributed by atoms with van der Waals surface area (Å²) in [4.78, 5) is 27.5. The number of amides is 1. The zero-order chi connectivity index (χ0) is 27.1. The Hall–Kier alpha value is -4.36. The second-order valence-corrected chi connectivity index (χ2v) is 8.89. The van der Waals surface area contributed by atoms with Gasteiger partial charge < -0.3 is 24.2 Å². The van der Waals surface area contributed by atoms with Crippen LogP contribution >= 0.6 is 0 Å². The van der Waals surface area contributed by atoms with E-state index in [-0.39, 0.29) is 24.5 Å². The largest absolute Gasteiger partial charge is 0.507 e. The normalized spacial score (nSPS) is 16.5. The Morgan fingerprint density at radius 1 is 0.974 bits per heavy atom. The molecule has 1 atom stereocenters. The number of carbonyl (C=O) groups is 2. The van der Waals surface area contributed by atoms with E-state index in [0.29, 0.717) is 35.8 Å². The molecule has 196 valence electrons. The maximum atomic E-state index is 13.1. The third-order valence-electron chi connectivity index (χ3n) is 6.42. The molecule has 3 aromatic carbocycles. The Morgan fingerprint density at radius 2 is 1.63 bits per heavy atom. The first-order valence-corrected chi connectivity index (χ1v) is 12.3. The number of aliphatic hydroxyl groups is 1. The number of methoxy groups -OCH3 is 1. The van der Waals surface area contributed by atoms with Gasteiger partial charge in [0, 0.05) is 19.2 Å². The number of ether oxygens (including phenoxy) is 3. The minimum absolute atomic E-state index is 0.0273. The lowest BCUT2D eigenvalue weighted by Crippen LogP contribution is -2.32. The van der Waals surface area contributed by atoms with Crippen LogP contribution in [0.3, 0.4) is 0 Å². The van der Waals surface area contributed by atoms with Crippen LogP contribution in [-0.2, 0) is 20.9 Å². The summed E-state index contributed by atoms with van der Waals surface area (Å²) < 4.78 is 16.6. The lowest BCUT2D eigenvalue weighted by Gasteiger charge is -2.25. The predicted molar refractivity (Wildman–Crippen MR) is 145 cm³/mol. The van der Waals surface area contributed by atoms with Crippen molar-refractivity contribution in [2.75, 3.05) is 26.9 Å². The van der Waals surface area contributed by atoms with Gasteiger partial charge in [-0.05, 0) is 60.0 Å². The highest BCUT2D eigenvalue weighted by Crippen LogP contribution is 2.39. The van der Waals surface area contributed by atoms with E-state index in [0.717, 1.165) is 11.1 Å². The number of ketones is 1. The number of benzene rings is 3. The van der Waals surface area contributed by atoms with Crippen LogP contribution in [-0.4, -0.2) is 48.6 Å². The average molecular weight is 514 g/mol. The molecule has 1 aliphatic heterocycles. The topological polar surface area (TPSA) is 85.3 Å². The van der Waals surface area contributed by atoms with Crippen LogP contribution < -0.4 is 9.47 Å². The van der Waals surface area contributed by atoms with Gasteiger partial charge in [0.25, 0.3) is 11.7 Å². The number of Topliss-reactive ketones (excluding diaryl/α,β-unsaturated/α-hetero) is 1. The van der Waals surface area contributed by atoms with Gasteiger partial charge in [-0.15, -0.1) is 0 Å². The van der Waals surface area contributed by atoms with Crippen LogP contribution in [0.15, 0.2) is 91.0 Å². The van der Waals surface area contributed by atoms with Crippen LogP contribution in [0.1, 0.15) is 28.3 Å². The number of aliphatic hydroxyl groups excluding tert-OH is 1. The summed E-state index contributed by atoms with van der Waals surface area (Å²) in [5, 5.41) is 11.3. The third-order valence-corrected chi connectivity index (χ3v) is 6.42. The van der Waals surface area contributed by atoms with Crippen molar-refractivity contribution in [2.24, 2.45) is 0 Å². The maximum absolute atomic E-state index is 13.1. The molecule has 7 nitrogen and oxygen atoms in total. The number of aryl methyl sites for hydroxylation is 1. The molecule has 0 saturated carbocycles. The molecule has 3 aromatic rings. The fraction of sp³-hybridized carbons (Fsp3) is 0.226. The minimum atomic E-state index is -0.768. The van der Waals surface area contributed by atoms with Crippen molar-refractivity contribution in [2.45, 2.75) is 19.6 Å². The van der Waals surface area contributed by atoms with Gasteiger partial charge in [0.1, 0.15) is 30.5 Å². The number of carbonyl (C=O) groups excluding carboxylic acids is 2. The van der Waals surface area contributed by atoms with Crippen molar-refractivity contribution >= 4 is 17.4 Å². The molecule has 1 saturated heterocycles. The molecule has 0 aromatic heterocycles. The van der Waals surface area contributed by atoms with Gasteiger partial charge in [0.05, 0.1) is 18.2 Å². The van der Waals surface area contributed by atoms with Crippen molar-refractivity contribution < 1.29 is 28.9 Å². The number of likely N-dealkylation sites (tertiary alicyclic amines) is 1. The summed E-state index contributed by atoms with van der Waals surface area (Å²) >= 11 is 0. The van der Waals surface area contributed by atoms with Crippen molar-refractivity contribution in [1.82, 2.24) is 4.90 Å². The lowest BCUT2D eigenvalue weighted by molar-refractivity contribution is -0.140. The van der Waals surface area contributed by atoms with Crippen molar-refractivity contribution in [3.63, 3.8) is 0 Å². The fourth-order valence-electron chi connectivity index (χ4n) is 4.35. The minimum Gasteiger partial charge on any atom is -0.507 e. The monoisotopic (exact) mass is 513 g/mol. The smallest absolute Gasteiger partial charge is 0.295 e. The second-order valence-electron chi connectivity index (χ2n) is 8.89. The molecule has 0 aliphatic carbocycles. The zero-order valence-electron chi connectivity index (χ0n) is 21.6. The predicted octanol–water partition coefficient (Wildman–Crippen LogP) is 5.21. The highest BCUT2D eigenvalue weighted by atomic mass is 16.5. The number of hydrogen-bond acceptors (Lipinski definition) is 6. The van der Waals surface area contributed by atoms with Crippen LogP contribution in [0.2, 0.25) is 0 Å². The van der Waals surface area contributed by atoms with Crippen LogP contribution in [0, 0.1) is 6.92 Å². The maximum Gasteiger partial charge on any atom is 0.295 e. The number of rotatable bonds is 11. The number of nitrogens with zero attached hydrogens (tertiary/aromatic N) is 1. The van der Waals surface area contributed by atoms with Gasteiger partial charge in [-0.3, -0.25) is 9.59 Å². The molecule has 0 bridgehead atoms. The molecule has 0 radical (unpaired) electrons. The summed E-state index contributed by atoms with van der Waals surface area (Å²) in [5.41, 5.74) is 3.33. The highest BCUT2D eigenvalue weighted by Gasteiger charge is 2.45. The van der Waals surface area contributed by atoms with Gasteiger partial charge in [-0.1, -0.05) is 49.1 Å². The van der Waals surface area contributed by atoms with Gasteiger partial charge in [-0.25, -0.2) is 0 Å². The van der Waals surface area contributed by atoms with Gasteiger partial charge in [0.15, 0.2) is 0 Å². The first-order chi connectivity index (χ1) is 18.4. The molecule has 1 aliphatic rings. The Morgan fingerprint density at radius 3 is 2.29 bits per heavy atom.